The van der Waals surface area contributed by atoms with Crippen LogP contribution in [0.3, 0.4) is 0 Å². The van der Waals surface area contributed by atoms with Gasteiger partial charge in [0.05, 0.1) is 39.6 Å². The molecule has 0 fully saturated rings. The minimum atomic E-state index is 0.0894. The predicted molar refractivity (Wildman–Crippen MR) is 69.2 cm³/mol. The summed E-state index contributed by atoms with van der Waals surface area (Å²) in [7, 11) is 1.55. The molecule has 0 rings (SSSR count). The van der Waals surface area contributed by atoms with Crippen LogP contribution in [0.5, 0.6) is 0 Å². The molecule has 0 aromatic carbocycles. The van der Waals surface area contributed by atoms with Crippen molar-refractivity contribution in [3.63, 3.8) is 0 Å². The highest BCUT2D eigenvalue weighted by Crippen LogP contribution is 1.76. The molecule has 0 spiro atoms. The standard InChI is InChI=1S/C6H14O3.C3H8O2.C3H6/c1-2-8-5-6-9-4-3-7;1-5-3-2-4;1-3-2/h7H,2-6H2,1H3;4H,2-3H2,1H3;3H,1H2,2H3. The molecule has 5 heteroatoms. The lowest BCUT2D eigenvalue weighted by Crippen LogP contribution is -2.06. The Hall–Kier alpha value is -0.460. The van der Waals surface area contributed by atoms with E-state index in [4.69, 9.17) is 19.7 Å². The van der Waals surface area contributed by atoms with Gasteiger partial charge in [0.2, 0.25) is 0 Å². The number of ether oxygens (including phenoxy) is 3. The van der Waals surface area contributed by atoms with Crippen LogP contribution in [-0.4, -0.2) is 63.6 Å². The predicted octanol–water partition coefficient (Wildman–Crippen LogP) is 0.849. The zero-order valence-electron chi connectivity index (χ0n) is 11.4. The van der Waals surface area contributed by atoms with Crippen molar-refractivity contribution in [1.82, 2.24) is 0 Å². The third-order valence-electron chi connectivity index (χ3n) is 1.11. The van der Waals surface area contributed by atoms with E-state index in [2.05, 4.69) is 11.3 Å². The Morgan fingerprint density at radius 2 is 1.47 bits per heavy atom. The largest absolute Gasteiger partial charge is 0.394 e. The molecule has 0 bridgehead atoms. The topological polar surface area (TPSA) is 68.2 Å². The fraction of sp³-hybridized carbons (Fsp3) is 0.833. The normalized spacial score (nSPS) is 8.53. The van der Waals surface area contributed by atoms with E-state index in [0.29, 0.717) is 26.4 Å². The Kier molecular flexibility index (Phi) is 37.9. The van der Waals surface area contributed by atoms with Crippen LogP contribution in [0.15, 0.2) is 12.7 Å². The van der Waals surface area contributed by atoms with Crippen LogP contribution in [0.1, 0.15) is 13.8 Å². The van der Waals surface area contributed by atoms with Crippen molar-refractivity contribution in [2.45, 2.75) is 13.8 Å². The van der Waals surface area contributed by atoms with Gasteiger partial charge in [0.25, 0.3) is 0 Å². The van der Waals surface area contributed by atoms with E-state index in [-0.39, 0.29) is 13.2 Å². The maximum atomic E-state index is 8.26. The van der Waals surface area contributed by atoms with Crippen molar-refractivity contribution in [1.29, 1.82) is 0 Å². The van der Waals surface area contributed by atoms with Gasteiger partial charge in [-0.25, -0.2) is 0 Å². The molecule has 17 heavy (non-hydrogen) atoms. The summed E-state index contributed by atoms with van der Waals surface area (Å²) in [5, 5.41) is 16.2. The number of hydrogen-bond donors (Lipinski definition) is 2. The number of rotatable bonds is 8. The molecular formula is C12H28O5. The molecular weight excluding hydrogens is 224 g/mol. The van der Waals surface area contributed by atoms with E-state index in [1.54, 1.807) is 13.2 Å². The number of allylic oxidation sites excluding steroid dienone is 1. The molecule has 0 amide bonds. The Morgan fingerprint density at radius 3 is 1.76 bits per heavy atom. The van der Waals surface area contributed by atoms with Crippen LogP contribution in [0.25, 0.3) is 0 Å². The molecule has 0 aromatic rings. The third kappa shape index (κ3) is 50.1. The molecule has 0 saturated carbocycles. The molecule has 0 radical (unpaired) electrons. The van der Waals surface area contributed by atoms with Gasteiger partial charge >= 0.3 is 0 Å². The minimum Gasteiger partial charge on any atom is -0.394 e. The minimum absolute atomic E-state index is 0.0894. The van der Waals surface area contributed by atoms with E-state index in [9.17, 15) is 0 Å². The SMILES string of the molecule is C=CC.CCOCCOCCO.COCCO. The number of methoxy groups -OCH3 is 1. The maximum Gasteiger partial charge on any atom is 0.0701 e. The molecule has 5 nitrogen and oxygen atoms in total. The highest BCUT2D eigenvalue weighted by molar-refractivity contribution is 4.51. The smallest absolute Gasteiger partial charge is 0.0701 e. The molecule has 0 unspecified atom stereocenters. The molecule has 0 aromatic heterocycles. The van der Waals surface area contributed by atoms with Crippen LogP contribution in [-0.2, 0) is 14.2 Å². The van der Waals surface area contributed by atoms with Crippen LogP contribution in [0.4, 0.5) is 0 Å². The first-order chi connectivity index (χ1) is 8.24. The molecule has 0 aliphatic heterocycles. The lowest BCUT2D eigenvalue weighted by molar-refractivity contribution is 0.0370. The fourth-order valence-electron chi connectivity index (χ4n) is 0.520. The third-order valence-corrected chi connectivity index (χ3v) is 1.11. The van der Waals surface area contributed by atoms with Crippen LogP contribution >= 0.6 is 0 Å². The first kappa shape index (κ1) is 21.8. The zero-order valence-corrected chi connectivity index (χ0v) is 11.4. The second kappa shape index (κ2) is 29.6. The van der Waals surface area contributed by atoms with Crippen molar-refractivity contribution in [3.8, 4) is 0 Å². The van der Waals surface area contributed by atoms with Crippen molar-refractivity contribution in [3.05, 3.63) is 12.7 Å². The van der Waals surface area contributed by atoms with Gasteiger partial charge in [0.15, 0.2) is 0 Å². The van der Waals surface area contributed by atoms with E-state index < -0.39 is 0 Å². The summed E-state index contributed by atoms with van der Waals surface area (Å²) < 4.78 is 14.3. The average molecular weight is 252 g/mol. The van der Waals surface area contributed by atoms with Gasteiger partial charge in [0.1, 0.15) is 0 Å². The Morgan fingerprint density at radius 1 is 1.00 bits per heavy atom. The number of hydrogen-bond acceptors (Lipinski definition) is 5. The summed E-state index contributed by atoms with van der Waals surface area (Å²) in [6, 6.07) is 0. The van der Waals surface area contributed by atoms with E-state index in [1.165, 1.54) is 0 Å². The first-order valence-corrected chi connectivity index (χ1v) is 5.68. The average Bonchev–Trinajstić information content (AvgIpc) is 2.32. The molecule has 2 N–H and O–H groups in total. The summed E-state index contributed by atoms with van der Waals surface area (Å²) in [5.74, 6) is 0. The second-order valence-electron chi connectivity index (χ2n) is 2.66. The molecule has 0 atom stereocenters. The van der Waals surface area contributed by atoms with Gasteiger partial charge < -0.3 is 24.4 Å². The lowest BCUT2D eigenvalue weighted by atomic mass is 10.7. The fourth-order valence-corrected chi connectivity index (χ4v) is 0.520. The Balaban J connectivity index is -0.000000207. The summed E-state index contributed by atoms with van der Waals surface area (Å²) in [5.41, 5.74) is 0. The van der Waals surface area contributed by atoms with Gasteiger partial charge in [-0.15, -0.1) is 6.58 Å². The van der Waals surface area contributed by atoms with Gasteiger partial charge in [-0.3, -0.25) is 0 Å². The highest BCUT2D eigenvalue weighted by Gasteiger charge is 1.84. The van der Waals surface area contributed by atoms with Crippen LogP contribution in [0, 0.1) is 0 Å². The van der Waals surface area contributed by atoms with E-state index >= 15 is 0 Å². The quantitative estimate of drug-likeness (QED) is 0.495. The molecule has 0 aliphatic rings. The van der Waals surface area contributed by atoms with Crippen LogP contribution < -0.4 is 0 Å². The van der Waals surface area contributed by atoms with E-state index in [1.807, 2.05) is 13.8 Å². The van der Waals surface area contributed by atoms with Gasteiger partial charge in [-0.2, -0.15) is 0 Å². The Labute approximate surface area is 105 Å². The summed E-state index contributed by atoms with van der Waals surface area (Å²) in [6.07, 6.45) is 1.75. The second-order valence-corrected chi connectivity index (χ2v) is 2.66. The van der Waals surface area contributed by atoms with Crippen molar-refractivity contribution >= 4 is 0 Å². The first-order valence-electron chi connectivity index (χ1n) is 5.68. The lowest BCUT2D eigenvalue weighted by Gasteiger charge is -2.00. The van der Waals surface area contributed by atoms with Gasteiger partial charge in [-0.05, 0) is 13.8 Å². The number of aliphatic hydroxyl groups excluding tert-OH is 2. The summed E-state index contributed by atoms with van der Waals surface area (Å²) in [6.45, 7) is 10.2. The van der Waals surface area contributed by atoms with Crippen molar-refractivity contribution in [2.75, 3.05) is 53.4 Å². The summed E-state index contributed by atoms with van der Waals surface area (Å²) >= 11 is 0. The van der Waals surface area contributed by atoms with Crippen molar-refractivity contribution in [2.24, 2.45) is 0 Å². The number of aliphatic hydroxyl groups is 2. The van der Waals surface area contributed by atoms with Crippen LogP contribution in [0.2, 0.25) is 0 Å². The summed E-state index contributed by atoms with van der Waals surface area (Å²) in [4.78, 5) is 0. The van der Waals surface area contributed by atoms with Gasteiger partial charge in [-0.1, -0.05) is 6.08 Å². The molecule has 0 saturated heterocycles. The van der Waals surface area contributed by atoms with Gasteiger partial charge in [0, 0.05) is 13.7 Å². The highest BCUT2D eigenvalue weighted by atomic mass is 16.5. The molecule has 0 aliphatic carbocycles. The zero-order chi connectivity index (χ0) is 13.8. The van der Waals surface area contributed by atoms with E-state index in [0.717, 1.165) is 6.61 Å². The van der Waals surface area contributed by atoms with Crippen molar-refractivity contribution < 1.29 is 24.4 Å². The maximum absolute atomic E-state index is 8.26. The molecule has 106 valence electrons. The molecule has 0 heterocycles. The Bertz CT molecular complexity index is 101. The monoisotopic (exact) mass is 252 g/mol.